The number of fused-ring (bicyclic) bond motifs is 4. The van der Waals surface area contributed by atoms with E-state index < -0.39 is 0 Å². The van der Waals surface area contributed by atoms with Crippen LogP contribution >= 0.6 is 34.9 Å². The maximum Gasteiger partial charge on any atom is 0.163 e. The number of nitrogens with zero attached hydrogens (tertiary/aromatic N) is 7. The molecule has 60 heavy (non-hydrogen) atoms. The van der Waals surface area contributed by atoms with Gasteiger partial charge in [0.05, 0.1) is 50.5 Å². The van der Waals surface area contributed by atoms with Crippen LogP contribution in [-0.2, 0) is 20.7 Å². The summed E-state index contributed by atoms with van der Waals surface area (Å²) in [4.78, 5) is 19.0. The van der Waals surface area contributed by atoms with Crippen LogP contribution < -0.4 is 10.1 Å². The zero-order valence-electron chi connectivity index (χ0n) is 34.3. The van der Waals surface area contributed by atoms with Crippen molar-refractivity contribution in [1.29, 1.82) is 0 Å². The van der Waals surface area contributed by atoms with Crippen LogP contribution in [0.2, 0.25) is 5.02 Å². The average Bonchev–Trinajstić information content (AvgIpc) is 3.90. The minimum absolute atomic E-state index is 0.190. The number of methoxy groups -OCH3 is 1. The number of hydrogen-bond donors (Lipinski definition) is 1. The number of nitrogens with one attached hydrogen (secondary N) is 1. The maximum atomic E-state index is 11.3. The third-order valence-electron chi connectivity index (χ3n) is 11.0. The molecular weight excluding hydrogens is 816 g/mol. The second-order valence-electron chi connectivity index (χ2n) is 15.0. The molecule has 4 aromatic heterocycles. The zero-order chi connectivity index (χ0) is 41.8. The summed E-state index contributed by atoms with van der Waals surface area (Å²) in [5.41, 5.74) is 8.99. The van der Waals surface area contributed by atoms with Gasteiger partial charge in [-0.3, -0.25) is 9.56 Å². The van der Waals surface area contributed by atoms with E-state index in [1.54, 1.807) is 41.1 Å². The van der Waals surface area contributed by atoms with Gasteiger partial charge in [-0.1, -0.05) is 36.4 Å². The molecule has 1 N–H and O–H groups in total. The van der Waals surface area contributed by atoms with Gasteiger partial charge in [-0.15, -0.1) is 21.5 Å². The maximum absolute atomic E-state index is 11.3. The second kappa shape index (κ2) is 18.8. The molecule has 2 aliphatic rings. The first kappa shape index (κ1) is 41.9. The SMILES string of the molecule is C=C(C[C@@H]1N=C(c2ccc(Cl)cc2)c2c(sc(C)c2C)-n2c(C)nnc21)NCCOCCOC1CCN(Sc2cccc(OC)c2-c2ccn3ncc(CC=O)c3c2)CC1. The molecule has 0 spiro atoms. The summed E-state index contributed by atoms with van der Waals surface area (Å²) in [6.07, 6.45) is 7.55. The number of ether oxygens (including phenoxy) is 3. The van der Waals surface area contributed by atoms with Crippen molar-refractivity contribution in [2.75, 3.05) is 46.6 Å². The van der Waals surface area contributed by atoms with Crippen molar-refractivity contribution in [1.82, 2.24) is 34.0 Å². The molecule has 15 heteroatoms. The van der Waals surface area contributed by atoms with E-state index in [-0.39, 0.29) is 12.1 Å². The Kier molecular flexibility index (Phi) is 13.1. The molecule has 2 aliphatic heterocycles. The molecular formula is C45H49ClN8O4S2. The normalized spacial score (nSPS) is 15.7. The van der Waals surface area contributed by atoms with Gasteiger partial charge in [-0.05, 0) is 93.1 Å². The molecule has 0 aliphatic carbocycles. The number of pyridine rings is 1. The zero-order valence-corrected chi connectivity index (χ0v) is 36.7. The molecule has 0 radical (unpaired) electrons. The van der Waals surface area contributed by atoms with Crippen LogP contribution in [0.15, 0.2) is 89.2 Å². The minimum atomic E-state index is -0.283. The van der Waals surface area contributed by atoms with Crippen molar-refractivity contribution in [3.05, 3.63) is 123 Å². The van der Waals surface area contributed by atoms with Gasteiger partial charge in [0.25, 0.3) is 0 Å². The van der Waals surface area contributed by atoms with E-state index >= 15 is 0 Å². The number of hydrogen-bond acceptors (Lipinski definition) is 12. The fraction of sp³-hybridized carbons (Fsp3) is 0.356. The summed E-state index contributed by atoms with van der Waals surface area (Å²) in [5.74, 6) is 2.44. The lowest BCUT2D eigenvalue weighted by atomic mass is 9.99. The van der Waals surface area contributed by atoms with E-state index in [2.05, 4.69) is 62.0 Å². The first-order valence-electron chi connectivity index (χ1n) is 20.2. The Morgan fingerprint density at radius 3 is 2.63 bits per heavy atom. The highest BCUT2D eigenvalue weighted by Gasteiger charge is 2.32. The van der Waals surface area contributed by atoms with Crippen LogP contribution in [0.4, 0.5) is 0 Å². The first-order valence-corrected chi connectivity index (χ1v) is 22.2. The van der Waals surface area contributed by atoms with E-state index in [1.807, 2.05) is 55.6 Å². The number of aldehydes is 1. The van der Waals surface area contributed by atoms with Gasteiger partial charge in [0.2, 0.25) is 0 Å². The molecule has 12 nitrogen and oxygen atoms in total. The van der Waals surface area contributed by atoms with Crippen molar-refractivity contribution >= 4 is 52.4 Å². The summed E-state index contributed by atoms with van der Waals surface area (Å²) in [5, 5.41) is 18.7. The number of carbonyl (C=O) groups is 1. The van der Waals surface area contributed by atoms with E-state index in [0.29, 0.717) is 44.2 Å². The van der Waals surface area contributed by atoms with Crippen LogP contribution in [0.1, 0.15) is 64.1 Å². The van der Waals surface area contributed by atoms with Gasteiger partial charge in [-0.25, -0.2) is 8.82 Å². The summed E-state index contributed by atoms with van der Waals surface area (Å²) in [7, 11) is 1.70. The van der Waals surface area contributed by atoms with Gasteiger partial charge < -0.3 is 24.3 Å². The van der Waals surface area contributed by atoms with E-state index in [9.17, 15) is 4.79 Å². The van der Waals surface area contributed by atoms with Crippen LogP contribution in [-0.4, -0.2) is 93.4 Å². The third-order valence-corrected chi connectivity index (χ3v) is 13.6. The number of aryl methyl sites for hydroxylation is 2. The number of piperidine rings is 1. The molecule has 6 aromatic rings. The van der Waals surface area contributed by atoms with Gasteiger partial charge in [0.1, 0.15) is 28.9 Å². The Morgan fingerprint density at radius 2 is 1.85 bits per heavy atom. The van der Waals surface area contributed by atoms with Crippen LogP contribution in [0.3, 0.4) is 0 Å². The van der Waals surface area contributed by atoms with Crippen molar-refractivity contribution in [2.45, 2.75) is 63.5 Å². The predicted octanol–water partition coefficient (Wildman–Crippen LogP) is 8.56. The second-order valence-corrected chi connectivity index (χ2v) is 17.7. The summed E-state index contributed by atoms with van der Waals surface area (Å²) in [6.45, 7) is 14.7. The highest BCUT2D eigenvalue weighted by Crippen LogP contribution is 2.42. The predicted molar refractivity (Wildman–Crippen MR) is 239 cm³/mol. The van der Waals surface area contributed by atoms with E-state index in [1.165, 1.54) is 10.4 Å². The summed E-state index contributed by atoms with van der Waals surface area (Å²) >= 11 is 9.77. The van der Waals surface area contributed by atoms with Gasteiger partial charge >= 0.3 is 0 Å². The Labute approximate surface area is 363 Å². The van der Waals surface area contributed by atoms with E-state index in [0.717, 1.165) is 104 Å². The molecule has 1 atom stereocenters. The van der Waals surface area contributed by atoms with Crippen molar-refractivity contribution in [2.24, 2.45) is 4.99 Å². The Balaban J connectivity index is 0.799. The highest BCUT2D eigenvalue weighted by atomic mass is 35.5. The lowest BCUT2D eigenvalue weighted by Crippen LogP contribution is -2.33. The molecule has 0 unspecified atom stereocenters. The molecule has 8 rings (SSSR count). The summed E-state index contributed by atoms with van der Waals surface area (Å²) < 4.78 is 24.4. The molecule has 1 fully saturated rings. The fourth-order valence-corrected chi connectivity index (χ4v) is 10.3. The minimum Gasteiger partial charge on any atom is -0.496 e. The Bertz CT molecular complexity index is 2520. The van der Waals surface area contributed by atoms with Crippen LogP contribution in [0.5, 0.6) is 5.75 Å². The lowest BCUT2D eigenvalue weighted by Gasteiger charge is -2.31. The molecule has 0 saturated carbocycles. The standard InChI is InChI=1S/C45H49ClN8O4S2/c1-28(25-37-44-51-50-31(4)54(44)45-41(29(2)30(3)59-45)43(49-37)32-9-11-35(46)12-10-32)47-17-22-57-23-24-58-36-14-18-52(19-15-36)60-40-8-6-7-39(56-5)42(40)33-13-20-53-38(26-33)34(16-21-55)27-48-53/h6-13,20-21,26-27,36-37,47H,1,14-19,22-25H2,2-5H3/t37-/m0/s1. The van der Waals surface area contributed by atoms with Crippen molar-refractivity contribution in [3.8, 4) is 21.9 Å². The Morgan fingerprint density at radius 1 is 1.03 bits per heavy atom. The summed E-state index contributed by atoms with van der Waals surface area (Å²) in [6, 6.07) is 17.9. The monoisotopic (exact) mass is 864 g/mol. The van der Waals surface area contributed by atoms with Gasteiger partial charge in [0, 0.05) is 81.4 Å². The molecule has 1 saturated heterocycles. The number of aromatic nitrogens is 5. The fourth-order valence-electron chi connectivity index (χ4n) is 7.82. The van der Waals surface area contributed by atoms with Crippen molar-refractivity contribution in [3.63, 3.8) is 0 Å². The van der Waals surface area contributed by atoms with Gasteiger partial charge in [-0.2, -0.15) is 5.10 Å². The molecule has 312 valence electrons. The Hall–Kier alpha value is -4.83. The average molecular weight is 866 g/mol. The highest BCUT2D eigenvalue weighted by molar-refractivity contribution is 7.97. The van der Waals surface area contributed by atoms with E-state index in [4.69, 9.17) is 30.8 Å². The number of benzene rings is 2. The molecule has 0 amide bonds. The van der Waals surface area contributed by atoms with Gasteiger partial charge in [0.15, 0.2) is 5.82 Å². The quantitative estimate of drug-likeness (QED) is 0.0543. The molecule has 6 heterocycles. The number of carbonyl (C=O) groups excluding carboxylic acids is 1. The number of rotatable bonds is 17. The first-order chi connectivity index (χ1) is 29.2. The largest absolute Gasteiger partial charge is 0.496 e. The molecule has 0 bridgehead atoms. The number of halogens is 1. The third kappa shape index (κ3) is 8.95. The van der Waals surface area contributed by atoms with Crippen LogP contribution in [0, 0.1) is 20.8 Å². The smallest absolute Gasteiger partial charge is 0.163 e. The number of aliphatic imine (C=N–C) groups is 1. The lowest BCUT2D eigenvalue weighted by molar-refractivity contribution is -0.107. The van der Waals surface area contributed by atoms with Crippen LogP contribution in [0.25, 0.3) is 21.6 Å². The van der Waals surface area contributed by atoms with Crippen molar-refractivity contribution < 1.29 is 19.0 Å². The topological polar surface area (TPSA) is 120 Å². The molecule has 2 aromatic carbocycles. The number of thiophene rings is 1.